The Hall–Kier alpha value is -2.68. The van der Waals surface area contributed by atoms with Crippen molar-refractivity contribution in [2.24, 2.45) is 0 Å². The Kier molecular flexibility index (Phi) is 7.34. The fraction of sp³-hybridized carbons (Fsp3) is 0.294. The van der Waals surface area contributed by atoms with Gasteiger partial charge in [0.15, 0.2) is 5.16 Å². The first-order valence-electron chi connectivity index (χ1n) is 7.95. The third-order valence-corrected chi connectivity index (χ3v) is 4.32. The van der Waals surface area contributed by atoms with Crippen LogP contribution in [0.25, 0.3) is 0 Å². The van der Waals surface area contributed by atoms with Crippen molar-refractivity contribution >= 4 is 23.6 Å². The highest BCUT2D eigenvalue weighted by Gasteiger charge is 2.16. The number of amides is 2. The number of hydrogen-bond acceptors (Lipinski definition) is 5. The van der Waals surface area contributed by atoms with Crippen molar-refractivity contribution in [1.29, 1.82) is 0 Å². The van der Waals surface area contributed by atoms with Crippen molar-refractivity contribution in [2.45, 2.75) is 18.6 Å². The van der Waals surface area contributed by atoms with Crippen LogP contribution in [-0.4, -0.2) is 45.5 Å². The van der Waals surface area contributed by atoms with Crippen molar-refractivity contribution in [3.05, 3.63) is 58.3 Å². The van der Waals surface area contributed by atoms with Crippen LogP contribution in [-0.2, 0) is 16.1 Å². The molecule has 0 saturated carbocycles. The molecule has 0 saturated heterocycles. The molecule has 0 bridgehead atoms. The number of benzene rings is 1. The lowest BCUT2D eigenvalue weighted by molar-refractivity contribution is -0.133. The molecular formula is C17H19FN4O3S. The predicted molar refractivity (Wildman–Crippen MR) is 96.1 cm³/mol. The Morgan fingerprint density at radius 3 is 2.65 bits per heavy atom. The summed E-state index contributed by atoms with van der Waals surface area (Å²) in [6.45, 7) is 2.34. The van der Waals surface area contributed by atoms with E-state index in [1.165, 1.54) is 29.3 Å². The summed E-state index contributed by atoms with van der Waals surface area (Å²) in [4.78, 5) is 43.4. The van der Waals surface area contributed by atoms with Gasteiger partial charge < -0.3 is 15.2 Å². The molecule has 0 aliphatic heterocycles. The summed E-state index contributed by atoms with van der Waals surface area (Å²) < 4.78 is 12.9. The molecule has 1 aromatic carbocycles. The summed E-state index contributed by atoms with van der Waals surface area (Å²) in [5.74, 6) is -0.817. The molecule has 0 aliphatic carbocycles. The van der Waals surface area contributed by atoms with Gasteiger partial charge in [-0.15, -0.1) is 0 Å². The number of rotatable bonds is 8. The van der Waals surface area contributed by atoms with Gasteiger partial charge >= 0.3 is 0 Å². The van der Waals surface area contributed by atoms with Gasteiger partial charge in [0.2, 0.25) is 11.8 Å². The van der Waals surface area contributed by atoms with Gasteiger partial charge in [0.25, 0.3) is 5.56 Å². The number of nitrogens with zero attached hydrogens (tertiary/aromatic N) is 2. The van der Waals surface area contributed by atoms with Gasteiger partial charge in [0.1, 0.15) is 5.82 Å². The highest BCUT2D eigenvalue weighted by molar-refractivity contribution is 7.99. The van der Waals surface area contributed by atoms with Crippen LogP contribution in [0.5, 0.6) is 0 Å². The molecule has 2 aromatic rings. The summed E-state index contributed by atoms with van der Waals surface area (Å²) >= 11 is 1.10. The van der Waals surface area contributed by atoms with Crippen molar-refractivity contribution < 1.29 is 14.0 Å². The third kappa shape index (κ3) is 6.32. The smallest absolute Gasteiger partial charge is 0.251 e. The van der Waals surface area contributed by atoms with Crippen LogP contribution in [0.2, 0.25) is 0 Å². The normalized spacial score (nSPS) is 10.4. The third-order valence-electron chi connectivity index (χ3n) is 3.45. The van der Waals surface area contributed by atoms with Gasteiger partial charge in [-0.05, 0) is 24.6 Å². The standard InChI is InChI=1S/C17H19FN4O3S/c1-2-22(16(25)11-26-17-19-8-7-14(23)21-17)10-15(24)20-9-12-3-5-13(18)6-4-12/h3-8H,2,9-11H2,1H3,(H,20,24)(H,19,21,23). The van der Waals surface area contributed by atoms with Crippen molar-refractivity contribution in [2.75, 3.05) is 18.8 Å². The van der Waals surface area contributed by atoms with E-state index in [0.29, 0.717) is 11.7 Å². The average Bonchev–Trinajstić information content (AvgIpc) is 2.63. The fourth-order valence-electron chi connectivity index (χ4n) is 2.06. The molecule has 0 fully saturated rings. The lowest BCUT2D eigenvalue weighted by atomic mass is 10.2. The molecule has 0 atom stereocenters. The molecule has 0 unspecified atom stereocenters. The van der Waals surface area contributed by atoms with E-state index in [1.54, 1.807) is 19.1 Å². The number of aromatic amines is 1. The zero-order chi connectivity index (χ0) is 18.9. The zero-order valence-corrected chi connectivity index (χ0v) is 15.0. The van der Waals surface area contributed by atoms with Crippen LogP contribution in [0.1, 0.15) is 12.5 Å². The summed E-state index contributed by atoms with van der Waals surface area (Å²) in [7, 11) is 0. The number of nitrogens with one attached hydrogen (secondary N) is 2. The molecule has 9 heteroatoms. The molecule has 26 heavy (non-hydrogen) atoms. The molecule has 2 N–H and O–H groups in total. The van der Waals surface area contributed by atoms with E-state index in [2.05, 4.69) is 15.3 Å². The van der Waals surface area contributed by atoms with E-state index >= 15 is 0 Å². The summed E-state index contributed by atoms with van der Waals surface area (Å²) in [5, 5.41) is 3.05. The van der Waals surface area contributed by atoms with Crippen LogP contribution >= 0.6 is 11.8 Å². The molecule has 0 radical (unpaired) electrons. The molecule has 0 aliphatic rings. The number of likely N-dealkylation sites (N-methyl/N-ethyl adjacent to an activating group) is 1. The van der Waals surface area contributed by atoms with Crippen molar-refractivity contribution in [3.63, 3.8) is 0 Å². The summed E-state index contributed by atoms with van der Waals surface area (Å²) in [6.07, 6.45) is 1.37. The highest BCUT2D eigenvalue weighted by atomic mass is 32.2. The molecule has 1 aromatic heterocycles. The first kappa shape index (κ1) is 19.6. The van der Waals surface area contributed by atoms with Crippen LogP contribution < -0.4 is 10.9 Å². The Bertz CT molecular complexity index is 810. The van der Waals surface area contributed by atoms with E-state index in [1.807, 2.05) is 0 Å². The number of thioether (sulfide) groups is 1. The van der Waals surface area contributed by atoms with Crippen LogP contribution in [0.15, 0.2) is 46.5 Å². The number of hydrogen-bond donors (Lipinski definition) is 2. The number of carbonyl (C=O) groups excluding carboxylic acids is 2. The topological polar surface area (TPSA) is 95.2 Å². The minimum absolute atomic E-state index is 0.0615. The van der Waals surface area contributed by atoms with Crippen LogP contribution in [0, 0.1) is 5.82 Å². The molecule has 2 rings (SSSR count). The predicted octanol–water partition coefficient (Wildman–Crippen LogP) is 1.17. The maximum atomic E-state index is 12.9. The highest BCUT2D eigenvalue weighted by Crippen LogP contribution is 2.11. The van der Waals surface area contributed by atoms with Gasteiger partial charge in [0.05, 0.1) is 12.3 Å². The lowest BCUT2D eigenvalue weighted by Gasteiger charge is -2.20. The number of halogens is 1. The van der Waals surface area contributed by atoms with Crippen molar-refractivity contribution in [3.8, 4) is 0 Å². The monoisotopic (exact) mass is 378 g/mol. The van der Waals surface area contributed by atoms with Gasteiger partial charge in [-0.2, -0.15) is 0 Å². The van der Waals surface area contributed by atoms with E-state index < -0.39 is 0 Å². The maximum absolute atomic E-state index is 12.9. The molecular weight excluding hydrogens is 359 g/mol. The Balaban J connectivity index is 1.80. The quantitative estimate of drug-likeness (QED) is 0.531. The van der Waals surface area contributed by atoms with Crippen LogP contribution in [0.4, 0.5) is 4.39 Å². The largest absolute Gasteiger partial charge is 0.350 e. The zero-order valence-electron chi connectivity index (χ0n) is 14.2. The number of carbonyl (C=O) groups is 2. The van der Waals surface area contributed by atoms with Gasteiger partial charge in [-0.25, -0.2) is 9.37 Å². The fourth-order valence-corrected chi connectivity index (χ4v) is 2.81. The second-order valence-electron chi connectivity index (χ2n) is 5.34. The molecule has 2 amide bonds. The Morgan fingerprint density at radius 2 is 2.00 bits per heavy atom. The molecule has 138 valence electrons. The second kappa shape index (κ2) is 9.71. The van der Waals surface area contributed by atoms with Crippen LogP contribution in [0.3, 0.4) is 0 Å². The van der Waals surface area contributed by atoms with Gasteiger partial charge in [0, 0.05) is 25.4 Å². The van der Waals surface area contributed by atoms with E-state index in [-0.39, 0.29) is 42.0 Å². The lowest BCUT2D eigenvalue weighted by Crippen LogP contribution is -2.41. The minimum atomic E-state index is -0.338. The first-order valence-corrected chi connectivity index (χ1v) is 8.93. The average molecular weight is 378 g/mol. The van der Waals surface area contributed by atoms with Crippen molar-refractivity contribution in [1.82, 2.24) is 20.2 Å². The molecule has 1 heterocycles. The van der Waals surface area contributed by atoms with E-state index in [0.717, 1.165) is 17.3 Å². The minimum Gasteiger partial charge on any atom is -0.350 e. The summed E-state index contributed by atoms with van der Waals surface area (Å²) in [6, 6.07) is 7.10. The molecule has 7 nitrogen and oxygen atoms in total. The van der Waals surface area contributed by atoms with Gasteiger partial charge in [-0.3, -0.25) is 14.4 Å². The number of H-pyrrole nitrogens is 1. The molecule has 0 spiro atoms. The SMILES string of the molecule is CCN(CC(=O)NCc1ccc(F)cc1)C(=O)CSc1nccc(=O)[nH]1. The second-order valence-corrected chi connectivity index (χ2v) is 6.30. The first-order chi connectivity index (χ1) is 12.5. The number of aromatic nitrogens is 2. The summed E-state index contributed by atoms with van der Waals surface area (Å²) in [5.41, 5.74) is 0.478. The Labute approximate surface area is 154 Å². The Morgan fingerprint density at radius 1 is 1.27 bits per heavy atom. The van der Waals surface area contributed by atoms with E-state index in [4.69, 9.17) is 0 Å². The maximum Gasteiger partial charge on any atom is 0.251 e. The van der Waals surface area contributed by atoms with Gasteiger partial charge in [-0.1, -0.05) is 23.9 Å². The van der Waals surface area contributed by atoms with E-state index in [9.17, 15) is 18.8 Å².